The van der Waals surface area contributed by atoms with Gasteiger partial charge in [0.25, 0.3) is 0 Å². The number of rotatable bonds is 5. The summed E-state index contributed by atoms with van der Waals surface area (Å²) >= 11 is 5.87. The van der Waals surface area contributed by atoms with Crippen molar-refractivity contribution in [2.75, 3.05) is 6.79 Å². The molecule has 0 radical (unpaired) electrons. The molecule has 0 atom stereocenters. The van der Waals surface area contributed by atoms with Crippen LogP contribution in [0.5, 0.6) is 11.5 Å². The van der Waals surface area contributed by atoms with E-state index in [1.807, 2.05) is 18.3 Å². The van der Waals surface area contributed by atoms with Gasteiger partial charge in [0.2, 0.25) is 6.79 Å². The monoisotopic (exact) mass is 411 g/mol. The van der Waals surface area contributed by atoms with Gasteiger partial charge < -0.3 is 19.7 Å². The molecule has 4 rings (SSSR count). The van der Waals surface area contributed by atoms with Gasteiger partial charge in [-0.3, -0.25) is 4.98 Å². The van der Waals surface area contributed by atoms with E-state index in [0.717, 1.165) is 34.3 Å². The van der Waals surface area contributed by atoms with Gasteiger partial charge in [-0.25, -0.2) is 0 Å². The maximum Gasteiger partial charge on any atom is 0.231 e. The first-order valence-electron chi connectivity index (χ1n) is 10.6. The molecule has 29 heavy (non-hydrogen) atoms. The number of ether oxygens (including phenoxy) is 2. The maximum absolute atomic E-state index is 5.87. The number of fused-ring (bicyclic) bond motifs is 1. The molecule has 5 nitrogen and oxygen atoms in total. The van der Waals surface area contributed by atoms with Gasteiger partial charge in [0.05, 0.1) is 0 Å². The number of hydrogen-bond donors (Lipinski definition) is 1. The molecule has 1 N–H and O–H groups in total. The summed E-state index contributed by atoms with van der Waals surface area (Å²) in [5.74, 6) is 1.62. The molecule has 1 fully saturated rings. The van der Waals surface area contributed by atoms with Crippen molar-refractivity contribution in [3.8, 4) is 11.5 Å². The molecule has 1 aliphatic heterocycles. The minimum atomic E-state index is 0.292. The molecule has 154 valence electrons. The Kier molecular flexibility index (Phi) is 6.83. The quantitative estimate of drug-likeness (QED) is 0.713. The lowest BCUT2D eigenvalue weighted by molar-refractivity contribution is 0.174. The van der Waals surface area contributed by atoms with Crippen LogP contribution >= 0.6 is 12.2 Å². The molecule has 0 bridgehead atoms. The molecule has 6 heteroatoms. The van der Waals surface area contributed by atoms with Crippen LogP contribution in [0.15, 0.2) is 42.7 Å². The normalized spacial score (nSPS) is 16.7. The molecular formula is C23H29N3O2S. The number of pyridine rings is 1. The molecule has 1 aliphatic carbocycles. The van der Waals surface area contributed by atoms with E-state index in [1.54, 1.807) is 6.20 Å². The van der Waals surface area contributed by atoms with Crippen LogP contribution in [0.3, 0.4) is 0 Å². The Labute approximate surface area is 178 Å². The summed E-state index contributed by atoms with van der Waals surface area (Å²) in [4.78, 5) is 6.49. The molecule has 2 aromatic rings. The highest BCUT2D eigenvalue weighted by Gasteiger charge is 2.19. The highest BCUT2D eigenvalue weighted by Crippen LogP contribution is 2.33. The molecule has 2 heterocycles. The summed E-state index contributed by atoms with van der Waals surface area (Å²) in [7, 11) is 0. The maximum atomic E-state index is 5.87. The van der Waals surface area contributed by atoms with E-state index >= 15 is 0 Å². The zero-order valence-corrected chi connectivity index (χ0v) is 17.6. The van der Waals surface area contributed by atoms with Crippen molar-refractivity contribution in [1.82, 2.24) is 15.2 Å². The lowest BCUT2D eigenvalue weighted by Gasteiger charge is -2.30. The summed E-state index contributed by atoms with van der Waals surface area (Å²) in [5, 5.41) is 4.48. The second-order valence-corrected chi connectivity index (χ2v) is 8.28. The lowest BCUT2D eigenvalue weighted by Crippen LogP contribution is -2.44. The van der Waals surface area contributed by atoms with Crippen molar-refractivity contribution in [3.63, 3.8) is 0 Å². The molecule has 0 amide bonds. The molecule has 2 aliphatic rings. The van der Waals surface area contributed by atoms with Crippen LogP contribution in [0.2, 0.25) is 0 Å². The van der Waals surface area contributed by atoms with Gasteiger partial charge in [0.1, 0.15) is 0 Å². The van der Waals surface area contributed by atoms with Gasteiger partial charge >= 0.3 is 0 Å². The van der Waals surface area contributed by atoms with Crippen molar-refractivity contribution in [2.24, 2.45) is 0 Å². The fourth-order valence-corrected chi connectivity index (χ4v) is 4.33. The number of nitrogens with one attached hydrogen (secondary N) is 1. The van der Waals surface area contributed by atoms with Crippen LogP contribution in [0, 0.1) is 0 Å². The van der Waals surface area contributed by atoms with Gasteiger partial charge in [0.15, 0.2) is 16.6 Å². The predicted octanol–water partition coefficient (Wildman–Crippen LogP) is 4.80. The van der Waals surface area contributed by atoms with Crippen LogP contribution in [-0.2, 0) is 13.1 Å². The summed E-state index contributed by atoms with van der Waals surface area (Å²) in [5.41, 5.74) is 2.30. The van der Waals surface area contributed by atoms with Crippen molar-refractivity contribution in [2.45, 2.75) is 64.1 Å². The Balaban J connectivity index is 1.47. The molecular weight excluding hydrogens is 382 g/mol. The highest BCUT2D eigenvalue weighted by molar-refractivity contribution is 7.80. The van der Waals surface area contributed by atoms with E-state index in [1.165, 1.54) is 44.9 Å². The Morgan fingerprint density at radius 2 is 1.76 bits per heavy atom. The first-order valence-corrected chi connectivity index (χ1v) is 11.0. The van der Waals surface area contributed by atoms with Crippen molar-refractivity contribution in [3.05, 3.63) is 53.9 Å². The lowest BCUT2D eigenvalue weighted by atomic mass is 9.97. The van der Waals surface area contributed by atoms with Crippen molar-refractivity contribution < 1.29 is 9.47 Å². The number of thiocarbonyl (C=S) groups is 1. The van der Waals surface area contributed by atoms with E-state index in [9.17, 15) is 0 Å². The Bertz CT molecular complexity index is 807. The highest BCUT2D eigenvalue weighted by atomic mass is 32.1. The largest absolute Gasteiger partial charge is 0.454 e. The van der Waals surface area contributed by atoms with E-state index in [2.05, 4.69) is 33.4 Å². The van der Waals surface area contributed by atoms with Crippen LogP contribution in [0.1, 0.15) is 56.1 Å². The summed E-state index contributed by atoms with van der Waals surface area (Å²) in [6, 6.07) is 10.7. The number of nitrogens with zero attached hydrogens (tertiary/aromatic N) is 2. The third-order valence-electron chi connectivity index (χ3n) is 5.63. The molecule has 1 saturated carbocycles. The van der Waals surface area contributed by atoms with Gasteiger partial charge in [-0.15, -0.1) is 0 Å². The topological polar surface area (TPSA) is 46.6 Å². The summed E-state index contributed by atoms with van der Waals surface area (Å²) < 4.78 is 11.0. The molecule has 1 aromatic carbocycles. The van der Waals surface area contributed by atoms with Crippen molar-refractivity contribution >= 4 is 17.3 Å². The SMILES string of the molecule is S=C(NC1CCCCCCC1)N(Cc1cccnc1)Cc1ccc2c(c1)OCO2. The molecule has 0 saturated heterocycles. The third kappa shape index (κ3) is 5.60. The smallest absolute Gasteiger partial charge is 0.231 e. The average Bonchev–Trinajstić information content (AvgIpc) is 3.18. The average molecular weight is 412 g/mol. The second kappa shape index (κ2) is 9.92. The molecule has 0 spiro atoms. The fraction of sp³-hybridized carbons (Fsp3) is 0.478. The first-order chi connectivity index (χ1) is 14.3. The van der Waals surface area contributed by atoms with Gasteiger partial charge in [-0.05, 0) is 54.4 Å². The summed E-state index contributed by atoms with van der Waals surface area (Å²) in [6.07, 6.45) is 12.7. The van der Waals surface area contributed by atoms with E-state index in [0.29, 0.717) is 19.4 Å². The number of aromatic nitrogens is 1. The van der Waals surface area contributed by atoms with E-state index in [4.69, 9.17) is 21.7 Å². The molecule has 1 aromatic heterocycles. The van der Waals surface area contributed by atoms with Gasteiger partial charge in [-0.2, -0.15) is 0 Å². The molecule has 0 unspecified atom stereocenters. The van der Waals surface area contributed by atoms with Crippen LogP contribution in [0.25, 0.3) is 0 Å². The van der Waals surface area contributed by atoms with Gasteiger partial charge in [0, 0.05) is 31.5 Å². The Morgan fingerprint density at radius 1 is 1.00 bits per heavy atom. The predicted molar refractivity (Wildman–Crippen MR) is 118 cm³/mol. The van der Waals surface area contributed by atoms with Crippen LogP contribution < -0.4 is 14.8 Å². The zero-order valence-electron chi connectivity index (χ0n) is 16.8. The standard InChI is InChI=1S/C23H29N3O2S/c29-23(25-20-8-4-2-1-3-5-9-20)26(16-19-7-6-12-24-14-19)15-18-10-11-21-22(13-18)28-17-27-21/h6-7,10-14,20H,1-5,8-9,15-17H2,(H,25,29). The Hall–Kier alpha value is -2.34. The third-order valence-corrected chi connectivity index (χ3v) is 6.00. The van der Waals surface area contributed by atoms with Gasteiger partial charge in [-0.1, -0.05) is 44.2 Å². The first kappa shape index (κ1) is 20.0. The van der Waals surface area contributed by atoms with Crippen LogP contribution in [0.4, 0.5) is 0 Å². The van der Waals surface area contributed by atoms with E-state index in [-0.39, 0.29) is 0 Å². The minimum absolute atomic E-state index is 0.292. The fourth-order valence-electron chi connectivity index (χ4n) is 4.04. The second-order valence-electron chi connectivity index (χ2n) is 7.90. The Morgan fingerprint density at radius 3 is 2.55 bits per heavy atom. The number of hydrogen-bond acceptors (Lipinski definition) is 4. The number of benzene rings is 1. The van der Waals surface area contributed by atoms with Crippen LogP contribution in [-0.4, -0.2) is 27.8 Å². The van der Waals surface area contributed by atoms with E-state index < -0.39 is 0 Å². The van der Waals surface area contributed by atoms with Crippen molar-refractivity contribution in [1.29, 1.82) is 0 Å². The minimum Gasteiger partial charge on any atom is -0.454 e. The summed E-state index contributed by atoms with van der Waals surface area (Å²) in [6.45, 7) is 1.73. The zero-order chi connectivity index (χ0) is 19.9.